The van der Waals surface area contributed by atoms with Crippen molar-refractivity contribution in [3.05, 3.63) is 70.3 Å². The summed E-state index contributed by atoms with van der Waals surface area (Å²) in [4.78, 5) is 24.4. The third-order valence-electron chi connectivity index (χ3n) is 3.58. The van der Waals surface area contributed by atoms with Crippen LogP contribution in [-0.4, -0.2) is 13.0 Å². The highest BCUT2D eigenvalue weighted by atomic mass is 19.1. The topological polar surface area (TPSA) is 71.3 Å². The number of fused-ring (bicyclic) bond motifs is 1. The van der Waals surface area contributed by atoms with Gasteiger partial charge in [0.1, 0.15) is 11.4 Å². The number of carbonyl (C=O) groups is 1. The molecule has 1 heterocycles. The summed E-state index contributed by atoms with van der Waals surface area (Å²) in [6.45, 7) is 0. The van der Waals surface area contributed by atoms with Gasteiger partial charge in [0.15, 0.2) is 5.69 Å². The van der Waals surface area contributed by atoms with Gasteiger partial charge >= 0.3 is 5.63 Å². The number of anilines is 2. The molecule has 24 heavy (non-hydrogen) atoms. The molecular weight excluding hydrogens is 311 g/mol. The Morgan fingerprint density at radius 1 is 1.12 bits per heavy atom. The van der Waals surface area contributed by atoms with Crippen molar-refractivity contribution in [1.82, 2.24) is 0 Å². The van der Waals surface area contributed by atoms with Gasteiger partial charge in [-0.3, -0.25) is 4.79 Å². The average Bonchev–Trinajstić information content (AvgIpc) is 2.55. The van der Waals surface area contributed by atoms with Crippen LogP contribution in [0.3, 0.4) is 0 Å². The third-order valence-corrected chi connectivity index (χ3v) is 3.58. The molecule has 0 radical (unpaired) electrons. The zero-order valence-electron chi connectivity index (χ0n) is 12.9. The maximum Gasteiger partial charge on any atom is 0.362 e. The Kier molecular flexibility index (Phi) is 4.29. The molecule has 1 amide bonds. The zero-order chi connectivity index (χ0) is 17.1. The quantitative estimate of drug-likeness (QED) is 0.723. The molecule has 0 aliphatic carbocycles. The molecule has 0 unspecified atom stereocenters. The van der Waals surface area contributed by atoms with Crippen LogP contribution in [-0.2, 0) is 11.2 Å². The number of hydrogen-bond donors (Lipinski definition) is 2. The van der Waals surface area contributed by atoms with E-state index < -0.39 is 17.3 Å². The molecule has 0 fully saturated rings. The first-order chi connectivity index (χ1) is 11.6. The van der Waals surface area contributed by atoms with Crippen LogP contribution < -0.4 is 16.3 Å². The number of halogens is 1. The molecule has 0 spiro atoms. The van der Waals surface area contributed by atoms with Crippen molar-refractivity contribution in [2.75, 3.05) is 17.7 Å². The van der Waals surface area contributed by atoms with Gasteiger partial charge in [-0.2, -0.15) is 0 Å². The van der Waals surface area contributed by atoms with Gasteiger partial charge in [-0.25, -0.2) is 9.18 Å². The summed E-state index contributed by atoms with van der Waals surface area (Å²) >= 11 is 0. The van der Waals surface area contributed by atoms with E-state index in [-0.39, 0.29) is 12.1 Å². The van der Waals surface area contributed by atoms with Gasteiger partial charge in [-0.1, -0.05) is 24.3 Å². The van der Waals surface area contributed by atoms with Crippen LogP contribution in [0.1, 0.15) is 5.56 Å². The minimum absolute atomic E-state index is 0.0394. The molecular formula is C18H15FN2O3. The Hall–Kier alpha value is -3.15. The number of para-hydroxylation sites is 1. The molecule has 0 saturated heterocycles. The number of hydrogen-bond acceptors (Lipinski definition) is 4. The smallest absolute Gasteiger partial charge is 0.362 e. The summed E-state index contributed by atoms with van der Waals surface area (Å²) in [5, 5.41) is 6.16. The zero-order valence-corrected chi connectivity index (χ0v) is 12.9. The highest BCUT2D eigenvalue weighted by Crippen LogP contribution is 2.28. The number of rotatable bonds is 4. The highest BCUT2D eigenvalue weighted by Gasteiger charge is 2.16. The first kappa shape index (κ1) is 15.7. The molecule has 0 saturated carbocycles. The Morgan fingerprint density at radius 2 is 1.92 bits per heavy atom. The van der Waals surface area contributed by atoms with Gasteiger partial charge in [-0.15, -0.1) is 0 Å². The van der Waals surface area contributed by atoms with Crippen molar-refractivity contribution in [3.63, 3.8) is 0 Å². The van der Waals surface area contributed by atoms with Crippen LogP contribution in [0, 0.1) is 5.82 Å². The lowest BCUT2D eigenvalue weighted by molar-refractivity contribution is -0.115. The Morgan fingerprint density at radius 3 is 2.67 bits per heavy atom. The van der Waals surface area contributed by atoms with Gasteiger partial charge in [0, 0.05) is 12.4 Å². The molecule has 0 aliphatic heterocycles. The van der Waals surface area contributed by atoms with Crippen LogP contribution in [0.25, 0.3) is 11.0 Å². The van der Waals surface area contributed by atoms with Crippen LogP contribution in [0.4, 0.5) is 15.8 Å². The SMILES string of the molecule is CNc1c(NC(=O)Cc2cccc(F)c2)c(=O)oc2ccccc12. The van der Waals surface area contributed by atoms with Crippen LogP contribution in [0.15, 0.2) is 57.7 Å². The van der Waals surface area contributed by atoms with E-state index in [1.54, 1.807) is 31.3 Å². The van der Waals surface area contributed by atoms with Gasteiger partial charge in [-0.05, 0) is 29.8 Å². The molecule has 0 atom stereocenters. The molecule has 3 aromatic rings. The van der Waals surface area contributed by atoms with Crippen molar-refractivity contribution >= 4 is 28.3 Å². The fourth-order valence-corrected chi connectivity index (χ4v) is 2.54. The molecule has 1 aromatic heterocycles. The first-order valence-electron chi connectivity index (χ1n) is 7.36. The third kappa shape index (κ3) is 3.12. The minimum Gasteiger partial charge on any atom is -0.421 e. The van der Waals surface area contributed by atoms with Gasteiger partial charge in [0.05, 0.1) is 12.1 Å². The summed E-state index contributed by atoms with van der Waals surface area (Å²) in [6, 6.07) is 12.8. The summed E-state index contributed by atoms with van der Waals surface area (Å²) in [5.41, 5.74) is 0.816. The average molecular weight is 326 g/mol. The van der Waals surface area contributed by atoms with E-state index in [2.05, 4.69) is 10.6 Å². The summed E-state index contributed by atoms with van der Waals surface area (Å²) in [5.74, 6) is -0.846. The van der Waals surface area contributed by atoms with Crippen molar-refractivity contribution in [2.45, 2.75) is 6.42 Å². The van der Waals surface area contributed by atoms with Crippen molar-refractivity contribution < 1.29 is 13.6 Å². The molecule has 2 N–H and O–H groups in total. The second-order valence-corrected chi connectivity index (χ2v) is 5.24. The largest absolute Gasteiger partial charge is 0.421 e. The Balaban J connectivity index is 1.93. The number of nitrogens with one attached hydrogen (secondary N) is 2. The second kappa shape index (κ2) is 6.54. The first-order valence-corrected chi connectivity index (χ1v) is 7.36. The maximum absolute atomic E-state index is 13.2. The van der Waals surface area contributed by atoms with Gasteiger partial charge < -0.3 is 15.1 Å². The van der Waals surface area contributed by atoms with Crippen LogP contribution in [0.5, 0.6) is 0 Å². The Bertz CT molecular complexity index is 966. The van der Waals surface area contributed by atoms with E-state index in [1.807, 2.05) is 6.07 Å². The summed E-state index contributed by atoms with van der Waals surface area (Å²) < 4.78 is 18.4. The lowest BCUT2D eigenvalue weighted by Gasteiger charge is -2.12. The maximum atomic E-state index is 13.2. The number of benzene rings is 2. The minimum atomic E-state index is -0.648. The number of amides is 1. The fraction of sp³-hybridized carbons (Fsp3) is 0.111. The predicted molar refractivity (Wildman–Crippen MR) is 90.8 cm³/mol. The second-order valence-electron chi connectivity index (χ2n) is 5.24. The lowest BCUT2D eigenvalue weighted by Crippen LogP contribution is -2.21. The predicted octanol–water partition coefficient (Wildman–Crippen LogP) is 3.16. The van der Waals surface area contributed by atoms with E-state index >= 15 is 0 Å². The molecule has 6 heteroatoms. The van der Waals surface area contributed by atoms with E-state index in [0.29, 0.717) is 22.2 Å². The van der Waals surface area contributed by atoms with Crippen LogP contribution in [0.2, 0.25) is 0 Å². The van der Waals surface area contributed by atoms with Crippen molar-refractivity contribution in [1.29, 1.82) is 0 Å². The van der Waals surface area contributed by atoms with E-state index in [9.17, 15) is 14.0 Å². The molecule has 0 aliphatic rings. The molecule has 2 aromatic carbocycles. The normalized spacial score (nSPS) is 10.6. The highest BCUT2D eigenvalue weighted by molar-refractivity contribution is 6.02. The van der Waals surface area contributed by atoms with Crippen molar-refractivity contribution in [2.24, 2.45) is 0 Å². The van der Waals surface area contributed by atoms with Crippen molar-refractivity contribution in [3.8, 4) is 0 Å². The molecule has 0 bridgehead atoms. The van der Waals surface area contributed by atoms with Crippen LogP contribution >= 0.6 is 0 Å². The van der Waals surface area contributed by atoms with E-state index in [4.69, 9.17) is 4.42 Å². The standard InChI is InChI=1S/C18H15FN2O3/c1-20-16-13-7-2-3-8-14(13)24-18(23)17(16)21-15(22)10-11-5-4-6-12(19)9-11/h2-9,20H,10H2,1H3,(H,21,22). The lowest BCUT2D eigenvalue weighted by atomic mass is 10.1. The van der Waals surface area contributed by atoms with Gasteiger partial charge in [0.2, 0.25) is 5.91 Å². The monoisotopic (exact) mass is 326 g/mol. The Labute approximate surface area is 137 Å². The summed E-state index contributed by atoms with van der Waals surface area (Å²) in [6.07, 6.45) is -0.0484. The van der Waals surface area contributed by atoms with E-state index in [1.165, 1.54) is 18.2 Å². The van der Waals surface area contributed by atoms with Gasteiger partial charge in [0.25, 0.3) is 0 Å². The fourth-order valence-electron chi connectivity index (χ4n) is 2.54. The van der Waals surface area contributed by atoms with E-state index in [0.717, 1.165) is 0 Å². The molecule has 5 nitrogen and oxygen atoms in total. The molecule has 3 rings (SSSR count). The number of carbonyl (C=O) groups excluding carboxylic acids is 1. The summed E-state index contributed by atoms with van der Waals surface area (Å²) in [7, 11) is 1.66. The molecule has 122 valence electrons.